The zero-order valence-electron chi connectivity index (χ0n) is 14.2. The molecule has 0 spiro atoms. The van der Waals surface area contributed by atoms with Gasteiger partial charge < -0.3 is 9.47 Å². The smallest absolute Gasteiger partial charge is 0.283 e. The number of unbranched alkanes of at least 4 members (excludes halogenated alkanes) is 5. The summed E-state index contributed by atoms with van der Waals surface area (Å²) in [6, 6.07) is 7.17. The van der Waals surface area contributed by atoms with Gasteiger partial charge in [-0.15, -0.1) is 0 Å². The van der Waals surface area contributed by atoms with Crippen LogP contribution in [-0.4, -0.2) is 24.5 Å². The molecule has 0 radical (unpaired) electrons. The lowest BCUT2D eigenvalue weighted by Crippen LogP contribution is -2.50. The zero-order chi connectivity index (χ0) is 17.2. The van der Waals surface area contributed by atoms with Crippen LogP contribution in [0.2, 0.25) is 0 Å². The molecule has 1 aliphatic heterocycles. The van der Waals surface area contributed by atoms with Crippen molar-refractivity contribution in [2.75, 3.05) is 6.61 Å². The molecule has 1 atom stereocenters. The van der Waals surface area contributed by atoms with Gasteiger partial charge in [0.25, 0.3) is 5.91 Å². The maximum atomic E-state index is 12.0. The van der Waals surface area contributed by atoms with Crippen LogP contribution in [-0.2, 0) is 9.59 Å². The van der Waals surface area contributed by atoms with E-state index in [1.807, 2.05) is 12.1 Å². The third-order valence-electron chi connectivity index (χ3n) is 3.88. The number of carbonyl (C=O) groups excluding carboxylic acids is 2. The molecule has 2 N–H and O–H groups in total. The number of carbonyl (C=O) groups is 2. The molecule has 1 aliphatic rings. The van der Waals surface area contributed by atoms with Crippen molar-refractivity contribution >= 4 is 11.8 Å². The lowest BCUT2D eigenvalue weighted by Gasteiger charge is -2.25. The Morgan fingerprint density at radius 2 is 1.75 bits per heavy atom. The normalized spacial score (nSPS) is 15.6. The van der Waals surface area contributed by atoms with E-state index in [1.165, 1.54) is 19.3 Å². The fourth-order valence-electron chi connectivity index (χ4n) is 2.49. The summed E-state index contributed by atoms with van der Waals surface area (Å²) in [5.74, 6) is 0.549. The van der Waals surface area contributed by atoms with Gasteiger partial charge in [0.2, 0.25) is 12.0 Å². The predicted molar refractivity (Wildman–Crippen MR) is 90.6 cm³/mol. The van der Waals surface area contributed by atoms with Crippen LogP contribution >= 0.6 is 0 Å². The molecular formula is C18H26N2O4. The van der Waals surface area contributed by atoms with E-state index in [4.69, 9.17) is 9.47 Å². The highest BCUT2D eigenvalue weighted by Crippen LogP contribution is 2.30. The van der Waals surface area contributed by atoms with Crippen LogP contribution in [0, 0.1) is 0 Å². The van der Waals surface area contributed by atoms with Crippen molar-refractivity contribution in [1.29, 1.82) is 0 Å². The number of hydrogen-bond acceptors (Lipinski definition) is 4. The van der Waals surface area contributed by atoms with E-state index in [9.17, 15) is 9.59 Å². The molecule has 6 nitrogen and oxygen atoms in total. The first-order valence-electron chi connectivity index (χ1n) is 8.68. The number of benzene rings is 1. The molecule has 0 saturated heterocycles. The fraction of sp³-hybridized carbons (Fsp3) is 0.556. The number of rotatable bonds is 8. The molecule has 0 fully saturated rings. The SMILES string of the molecule is CCCCCCCCC(=O)NNC(=O)C1COc2ccccc2O1. The number of para-hydroxylation sites is 2. The number of hydrogen-bond donors (Lipinski definition) is 2. The highest BCUT2D eigenvalue weighted by molar-refractivity contribution is 5.85. The third-order valence-corrected chi connectivity index (χ3v) is 3.88. The number of nitrogens with one attached hydrogen (secondary N) is 2. The largest absolute Gasteiger partial charge is 0.485 e. The second kappa shape index (κ2) is 9.80. The summed E-state index contributed by atoms with van der Waals surface area (Å²) in [5, 5.41) is 0. The third kappa shape index (κ3) is 5.76. The van der Waals surface area contributed by atoms with Crippen LogP contribution in [0.1, 0.15) is 51.9 Å². The highest BCUT2D eigenvalue weighted by atomic mass is 16.6. The van der Waals surface area contributed by atoms with Crippen molar-refractivity contribution in [3.05, 3.63) is 24.3 Å². The minimum Gasteiger partial charge on any atom is -0.485 e. The lowest BCUT2D eigenvalue weighted by atomic mass is 10.1. The van der Waals surface area contributed by atoms with Gasteiger partial charge in [-0.2, -0.15) is 0 Å². The molecule has 0 aliphatic carbocycles. The number of hydrazine groups is 1. The van der Waals surface area contributed by atoms with Crippen LogP contribution in [0.3, 0.4) is 0 Å². The summed E-state index contributed by atoms with van der Waals surface area (Å²) in [6.07, 6.45) is 6.35. The van der Waals surface area contributed by atoms with Gasteiger partial charge >= 0.3 is 0 Å². The molecule has 6 heteroatoms. The molecule has 0 saturated carbocycles. The maximum absolute atomic E-state index is 12.0. The first-order valence-corrected chi connectivity index (χ1v) is 8.68. The molecule has 2 rings (SSSR count). The van der Waals surface area contributed by atoms with E-state index in [2.05, 4.69) is 17.8 Å². The van der Waals surface area contributed by atoms with Crippen molar-refractivity contribution in [3.8, 4) is 11.5 Å². The molecular weight excluding hydrogens is 308 g/mol. The van der Waals surface area contributed by atoms with Crippen molar-refractivity contribution in [3.63, 3.8) is 0 Å². The Morgan fingerprint density at radius 1 is 1.04 bits per heavy atom. The second-order valence-corrected chi connectivity index (χ2v) is 5.92. The zero-order valence-corrected chi connectivity index (χ0v) is 14.2. The van der Waals surface area contributed by atoms with E-state index >= 15 is 0 Å². The van der Waals surface area contributed by atoms with Crippen molar-refractivity contribution in [1.82, 2.24) is 10.9 Å². The van der Waals surface area contributed by atoms with Crippen LogP contribution in [0.4, 0.5) is 0 Å². The summed E-state index contributed by atoms with van der Waals surface area (Å²) in [7, 11) is 0. The minimum absolute atomic E-state index is 0.121. The molecule has 1 heterocycles. The predicted octanol–water partition coefficient (Wildman–Crippen LogP) is 2.72. The molecule has 0 bridgehead atoms. The monoisotopic (exact) mass is 334 g/mol. The molecule has 2 amide bonds. The summed E-state index contributed by atoms with van der Waals surface area (Å²) in [5.41, 5.74) is 4.83. The Bertz CT molecular complexity index is 548. The van der Waals surface area contributed by atoms with E-state index < -0.39 is 12.0 Å². The minimum atomic E-state index is -0.769. The first-order chi connectivity index (χ1) is 11.7. The first kappa shape index (κ1) is 18.1. The molecule has 132 valence electrons. The molecule has 1 aromatic rings. The van der Waals surface area contributed by atoms with Crippen molar-refractivity contribution < 1.29 is 19.1 Å². The van der Waals surface area contributed by atoms with Crippen LogP contribution in [0.25, 0.3) is 0 Å². The van der Waals surface area contributed by atoms with Gasteiger partial charge in [-0.1, -0.05) is 51.2 Å². The van der Waals surface area contributed by atoms with Gasteiger partial charge in [0, 0.05) is 6.42 Å². The number of amides is 2. The van der Waals surface area contributed by atoms with E-state index in [0.717, 1.165) is 19.3 Å². The highest BCUT2D eigenvalue weighted by Gasteiger charge is 2.27. The van der Waals surface area contributed by atoms with Crippen molar-refractivity contribution in [2.24, 2.45) is 0 Å². The van der Waals surface area contributed by atoms with Crippen molar-refractivity contribution in [2.45, 2.75) is 58.0 Å². The standard InChI is InChI=1S/C18H26N2O4/c1-2-3-4-5-6-7-12-17(21)19-20-18(22)16-13-23-14-10-8-9-11-15(14)24-16/h8-11,16H,2-7,12-13H2,1H3,(H,19,21)(H,20,22). The Kier molecular flexibility index (Phi) is 7.39. The van der Waals surface area contributed by atoms with Gasteiger partial charge in [-0.05, 0) is 18.6 Å². The topological polar surface area (TPSA) is 76.7 Å². The Labute approximate surface area is 142 Å². The van der Waals surface area contributed by atoms with Gasteiger partial charge in [-0.25, -0.2) is 0 Å². The molecule has 0 aromatic heterocycles. The fourth-order valence-corrected chi connectivity index (χ4v) is 2.49. The summed E-state index contributed by atoms with van der Waals surface area (Å²) < 4.78 is 11.1. The van der Waals surface area contributed by atoms with Gasteiger partial charge in [-0.3, -0.25) is 20.4 Å². The van der Waals surface area contributed by atoms with Gasteiger partial charge in [0.15, 0.2) is 11.5 Å². The average Bonchev–Trinajstić information content (AvgIpc) is 2.62. The Hall–Kier alpha value is -2.24. The average molecular weight is 334 g/mol. The van der Waals surface area contributed by atoms with Crippen LogP contribution < -0.4 is 20.3 Å². The van der Waals surface area contributed by atoms with Crippen LogP contribution in [0.5, 0.6) is 11.5 Å². The maximum Gasteiger partial charge on any atom is 0.283 e. The molecule has 1 aromatic carbocycles. The van der Waals surface area contributed by atoms with E-state index in [0.29, 0.717) is 17.9 Å². The van der Waals surface area contributed by atoms with E-state index in [1.54, 1.807) is 12.1 Å². The lowest BCUT2D eigenvalue weighted by molar-refractivity contribution is -0.135. The second-order valence-electron chi connectivity index (χ2n) is 5.92. The molecule has 24 heavy (non-hydrogen) atoms. The quantitative estimate of drug-likeness (QED) is 0.566. The van der Waals surface area contributed by atoms with Crippen LogP contribution in [0.15, 0.2) is 24.3 Å². The van der Waals surface area contributed by atoms with Gasteiger partial charge in [0.1, 0.15) is 6.61 Å². The van der Waals surface area contributed by atoms with E-state index in [-0.39, 0.29) is 12.5 Å². The molecule has 1 unspecified atom stereocenters. The number of ether oxygens (including phenoxy) is 2. The number of fused-ring (bicyclic) bond motifs is 1. The Balaban J connectivity index is 1.62. The summed E-state index contributed by atoms with van der Waals surface area (Å²) in [4.78, 5) is 23.7. The summed E-state index contributed by atoms with van der Waals surface area (Å²) >= 11 is 0. The van der Waals surface area contributed by atoms with Gasteiger partial charge in [0.05, 0.1) is 0 Å². The summed E-state index contributed by atoms with van der Waals surface area (Å²) in [6.45, 7) is 2.30. The Morgan fingerprint density at radius 3 is 2.54 bits per heavy atom.